The summed E-state index contributed by atoms with van der Waals surface area (Å²) in [7, 11) is 0. The summed E-state index contributed by atoms with van der Waals surface area (Å²) in [5.74, 6) is 3.12. The van der Waals surface area contributed by atoms with Gasteiger partial charge in [-0.05, 0) is 73.6 Å². The van der Waals surface area contributed by atoms with Crippen LogP contribution in [0.1, 0.15) is 37.3 Å². The summed E-state index contributed by atoms with van der Waals surface area (Å²) in [5, 5.41) is 3.03. The van der Waals surface area contributed by atoms with Crippen LogP contribution in [-0.4, -0.2) is 37.3 Å². The van der Waals surface area contributed by atoms with Crippen LogP contribution in [0.25, 0.3) is 0 Å². The van der Waals surface area contributed by atoms with Gasteiger partial charge in [-0.15, -0.1) is 0 Å². The van der Waals surface area contributed by atoms with Gasteiger partial charge in [0.15, 0.2) is 11.5 Å². The largest absolute Gasteiger partial charge is 0.493 e. The molecule has 2 aromatic carbocycles. The first-order chi connectivity index (χ1) is 14.3. The van der Waals surface area contributed by atoms with Crippen molar-refractivity contribution in [2.75, 3.05) is 31.7 Å². The first kappa shape index (κ1) is 18.2. The summed E-state index contributed by atoms with van der Waals surface area (Å²) < 4.78 is 17.1. The van der Waals surface area contributed by atoms with Crippen LogP contribution in [0.4, 0.5) is 10.5 Å². The van der Waals surface area contributed by atoms with Gasteiger partial charge in [-0.1, -0.05) is 6.07 Å². The van der Waals surface area contributed by atoms with Gasteiger partial charge in [0.1, 0.15) is 19.0 Å². The standard InChI is InChI=1S/C23H26N2O4/c26-23(24-18-6-8-19(9-7-18)29-15-16-3-4-16)25-11-1-2-20(25)17-5-10-21-22(14-17)28-13-12-27-21/h5-10,14,16,20H,1-4,11-13,15H2,(H,24,26). The molecule has 1 atom stereocenters. The van der Waals surface area contributed by atoms with Gasteiger partial charge in [-0.3, -0.25) is 0 Å². The quantitative estimate of drug-likeness (QED) is 0.804. The lowest BCUT2D eigenvalue weighted by molar-refractivity contribution is 0.170. The number of benzene rings is 2. The molecule has 1 unspecified atom stereocenters. The Kier molecular flexibility index (Phi) is 4.92. The fraction of sp³-hybridized carbons (Fsp3) is 0.435. The molecule has 0 spiro atoms. The molecule has 0 radical (unpaired) electrons. The maximum absolute atomic E-state index is 12.9. The van der Waals surface area contributed by atoms with Gasteiger partial charge in [0.2, 0.25) is 0 Å². The van der Waals surface area contributed by atoms with Crippen LogP contribution in [0, 0.1) is 5.92 Å². The van der Waals surface area contributed by atoms with Gasteiger partial charge < -0.3 is 24.4 Å². The number of nitrogens with zero attached hydrogens (tertiary/aromatic N) is 1. The van der Waals surface area contributed by atoms with Crippen LogP contribution in [0.5, 0.6) is 17.2 Å². The highest BCUT2D eigenvalue weighted by Gasteiger charge is 2.31. The van der Waals surface area contributed by atoms with Gasteiger partial charge in [0.05, 0.1) is 12.6 Å². The predicted molar refractivity (Wildman–Crippen MR) is 110 cm³/mol. The lowest BCUT2D eigenvalue weighted by atomic mass is 10.0. The van der Waals surface area contributed by atoms with E-state index in [0.29, 0.717) is 13.2 Å². The molecule has 1 N–H and O–H groups in total. The molecule has 29 heavy (non-hydrogen) atoms. The van der Waals surface area contributed by atoms with E-state index in [1.165, 1.54) is 12.8 Å². The Morgan fingerprint density at radius 1 is 1.03 bits per heavy atom. The molecule has 2 aliphatic heterocycles. The maximum atomic E-state index is 12.9. The molecule has 6 nitrogen and oxygen atoms in total. The Bertz CT molecular complexity index is 879. The SMILES string of the molecule is O=C(Nc1ccc(OCC2CC2)cc1)N1CCCC1c1ccc2c(c1)OCCO2. The fourth-order valence-corrected chi connectivity index (χ4v) is 3.95. The van der Waals surface area contributed by atoms with Crippen LogP contribution >= 0.6 is 0 Å². The number of carbonyl (C=O) groups is 1. The zero-order valence-electron chi connectivity index (χ0n) is 16.4. The van der Waals surface area contributed by atoms with Crippen molar-refractivity contribution in [3.8, 4) is 17.2 Å². The minimum absolute atomic E-state index is 0.0481. The monoisotopic (exact) mass is 394 g/mol. The Balaban J connectivity index is 1.24. The third kappa shape index (κ3) is 4.11. The van der Waals surface area contributed by atoms with E-state index in [-0.39, 0.29) is 12.1 Å². The first-order valence-corrected chi connectivity index (χ1v) is 10.5. The summed E-state index contributed by atoms with van der Waals surface area (Å²) in [6.07, 6.45) is 4.48. The average Bonchev–Trinajstić information content (AvgIpc) is 3.46. The third-order valence-electron chi connectivity index (χ3n) is 5.75. The van der Waals surface area contributed by atoms with E-state index in [9.17, 15) is 4.79 Å². The van der Waals surface area contributed by atoms with Crippen LogP contribution in [0.15, 0.2) is 42.5 Å². The molecule has 2 fully saturated rings. The van der Waals surface area contributed by atoms with Gasteiger partial charge in [-0.2, -0.15) is 0 Å². The zero-order chi connectivity index (χ0) is 19.6. The van der Waals surface area contributed by atoms with Gasteiger partial charge in [0, 0.05) is 12.2 Å². The van der Waals surface area contributed by atoms with Crippen molar-refractivity contribution in [3.63, 3.8) is 0 Å². The normalized spacial score (nSPS) is 20.4. The maximum Gasteiger partial charge on any atom is 0.322 e. The molecule has 0 aromatic heterocycles. The number of nitrogens with one attached hydrogen (secondary N) is 1. The molecule has 1 saturated heterocycles. The number of fused-ring (bicyclic) bond motifs is 1. The zero-order valence-corrected chi connectivity index (χ0v) is 16.4. The number of amides is 2. The number of ether oxygens (including phenoxy) is 3. The number of hydrogen-bond acceptors (Lipinski definition) is 4. The minimum atomic E-state index is -0.0750. The van der Waals surface area contributed by atoms with E-state index in [2.05, 4.69) is 5.32 Å². The number of carbonyl (C=O) groups excluding carboxylic acids is 1. The second-order valence-corrected chi connectivity index (χ2v) is 7.96. The van der Waals surface area contributed by atoms with Gasteiger partial charge in [-0.25, -0.2) is 4.79 Å². The number of rotatable bonds is 5. The second-order valence-electron chi connectivity index (χ2n) is 7.96. The smallest absolute Gasteiger partial charge is 0.322 e. The summed E-state index contributed by atoms with van der Waals surface area (Å²) in [4.78, 5) is 14.8. The van der Waals surface area contributed by atoms with E-state index in [4.69, 9.17) is 14.2 Å². The lowest BCUT2D eigenvalue weighted by Gasteiger charge is -2.27. The Morgan fingerprint density at radius 3 is 2.62 bits per heavy atom. The molecule has 0 bridgehead atoms. The Labute approximate surface area is 170 Å². The Morgan fingerprint density at radius 2 is 1.83 bits per heavy atom. The molecule has 5 rings (SSSR count). The van der Waals surface area contributed by atoms with E-state index >= 15 is 0 Å². The topological polar surface area (TPSA) is 60.0 Å². The molecule has 1 aliphatic carbocycles. The highest BCUT2D eigenvalue weighted by molar-refractivity contribution is 5.89. The number of hydrogen-bond donors (Lipinski definition) is 1. The number of urea groups is 1. The molecular formula is C23H26N2O4. The summed E-state index contributed by atoms with van der Waals surface area (Å²) in [5.41, 5.74) is 1.87. The molecular weight excluding hydrogens is 368 g/mol. The molecule has 2 aromatic rings. The number of anilines is 1. The van der Waals surface area contributed by atoms with Crippen molar-refractivity contribution in [3.05, 3.63) is 48.0 Å². The summed E-state index contributed by atoms with van der Waals surface area (Å²) in [6, 6.07) is 13.6. The van der Waals surface area contributed by atoms with Gasteiger partial charge >= 0.3 is 6.03 Å². The molecule has 2 heterocycles. The summed E-state index contributed by atoms with van der Waals surface area (Å²) in [6.45, 7) is 2.67. The van der Waals surface area contributed by atoms with E-state index in [0.717, 1.165) is 60.4 Å². The van der Waals surface area contributed by atoms with Crippen LogP contribution in [-0.2, 0) is 0 Å². The lowest BCUT2D eigenvalue weighted by Crippen LogP contribution is -2.34. The van der Waals surface area contributed by atoms with Crippen molar-refractivity contribution in [2.24, 2.45) is 5.92 Å². The van der Waals surface area contributed by atoms with Crippen molar-refractivity contribution in [2.45, 2.75) is 31.7 Å². The molecule has 6 heteroatoms. The first-order valence-electron chi connectivity index (χ1n) is 10.5. The van der Waals surface area contributed by atoms with Crippen LogP contribution < -0.4 is 19.5 Å². The molecule has 152 valence electrons. The van der Waals surface area contributed by atoms with Crippen molar-refractivity contribution >= 4 is 11.7 Å². The highest BCUT2D eigenvalue weighted by Crippen LogP contribution is 2.38. The van der Waals surface area contributed by atoms with Crippen LogP contribution in [0.2, 0.25) is 0 Å². The van der Waals surface area contributed by atoms with Crippen molar-refractivity contribution in [1.82, 2.24) is 4.90 Å². The van der Waals surface area contributed by atoms with Crippen molar-refractivity contribution < 1.29 is 19.0 Å². The van der Waals surface area contributed by atoms with Crippen LogP contribution in [0.3, 0.4) is 0 Å². The fourth-order valence-electron chi connectivity index (χ4n) is 3.95. The second kappa shape index (κ2) is 7.85. The molecule has 3 aliphatic rings. The third-order valence-corrected chi connectivity index (χ3v) is 5.75. The van der Waals surface area contributed by atoms with Gasteiger partial charge in [0.25, 0.3) is 0 Å². The number of likely N-dealkylation sites (tertiary alicyclic amines) is 1. The predicted octanol–water partition coefficient (Wildman–Crippen LogP) is 4.62. The van der Waals surface area contributed by atoms with E-state index in [1.807, 2.05) is 47.4 Å². The minimum Gasteiger partial charge on any atom is -0.493 e. The highest BCUT2D eigenvalue weighted by atomic mass is 16.6. The molecule has 1 saturated carbocycles. The summed E-state index contributed by atoms with van der Waals surface area (Å²) >= 11 is 0. The average molecular weight is 394 g/mol. The van der Waals surface area contributed by atoms with E-state index < -0.39 is 0 Å². The Hall–Kier alpha value is -2.89. The van der Waals surface area contributed by atoms with Crippen molar-refractivity contribution in [1.29, 1.82) is 0 Å². The molecule has 2 amide bonds. The van der Waals surface area contributed by atoms with E-state index in [1.54, 1.807) is 0 Å².